The number of hydrogen-bond acceptors (Lipinski definition) is 2. The van der Waals surface area contributed by atoms with Gasteiger partial charge < -0.3 is 11.1 Å². The van der Waals surface area contributed by atoms with Crippen LogP contribution in [0.4, 0.5) is 0 Å². The van der Waals surface area contributed by atoms with Gasteiger partial charge in [0.2, 0.25) is 0 Å². The highest BCUT2D eigenvalue weighted by molar-refractivity contribution is 5.62. The molecule has 0 amide bonds. The summed E-state index contributed by atoms with van der Waals surface area (Å²) in [6.45, 7) is 8.25. The Morgan fingerprint density at radius 1 is 1.19 bits per heavy atom. The Morgan fingerprint density at radius 2 is 1.62 bits per heavy atom. The summed E-state index contributed by atoms with van der Waals surface area (Å²) < 4.78 is 0. The zero-order chi connectivity index (χ0) is 12.8. The average Bonchev–Trinajstić information content (AvgIpc) is 2.36. The lowest BCUT2D eigenvalue weighted by molar-refractivity contribution is 1.09. The van der Waals surface area contributed by atoms with Crippen LogP contribution in [0.5, 0.6) is 0 Å². The molecule has 0 radical (unpaired) electrons. The van der Waals surface area contributed by atoms with Crippen molar-refractivity contribution in [3.63, 3.8) is 0 Å². The fourth-order valence-electron chi connectivity index (χ4n) is 0.942. The van der Waals surface area contributed by atoms with Crippen molar-refractivity contribution in [3.8, 4) is 0 Å². The molecule has 0 bridgehead atoms. The van der Waals surface area contributed by atoms with Crippen LogP contribution >= 0.6 is 0 Å². The van der Waals surface area contributed by atoms with E-state index in [1.807, 2.05) is 51.2 Å². The fraction of sp³-hybridized carbons (Fsp3) is 0.429. The van der Waals surface area contributed by atoms with E-state index >= 15 is 0 Å². The molecule has 0 saturated heterocycles. The second-order valence-electron chi connectivity index (χ2n) is 2.90. The van der Waals surface area contributed by atoms with Crippen LogP contribution in [0, 0.1) is 0 Å². The summed E-state index contributed by atoms with van der Waals surface area (Å²) in [6, 6.07) is 9.96. The predicted octanol–water partition coefficient (Wildman–Crippen LogP) is 3.61. The molecule has 0 aliphatic heterocycles. The predicted molar refractivity (Wildman–Crippen MR) is 75.0 cm³/mol. The van der Waals surface area contributed by atoms with Gasteiger partial charge in [0.05, 0.1) is 5.70 Å². The Morgan fingerprint density at radius 3 is 1.94 bits per heavy atom. The highest BCUT2D eigenvalue weighted by Gasteiger charge is 1.93. The van der Waals surface area contributed by atoms with Gasteiger partial charge in [-0.25, -0.2) is 0 Å². The number of nitrogens with one attached hydrogen (secondary N) is 1. The SMILES string of the molecule is CC.CCC.CN/C(=C\N)c1ccccc1. The molecule has 0 spiro atoms. The summed E-state index contributed by atoms with van der Waals surface area (Å²) in [4.78, 5) is 0. The maximum atomic E-state index is 5.39. The monoisotopic (exact) mass is 222 g/mol. The lowest BCUT2D eigenvalue weighted by Crippen LogP contribution is -2.06. The molecule has 0 fully saturated rings. The van der Waals surface area contributed by atoms with Crippen molar-refractivity contribution in [3.05, 3.63) is 42.1 Å². The third-order valence-corrected chi connectivity index (χ3v) is 1.52. The number of nitrogens with two attached hydrogens (primary N) is 1. The second kappa shape index (κ2) is 13.6. The number of benzene rings is 1. The van der Waals surface area contributed by atoms with Crippen LogP contribution in [0.1, 0.15) is 39.7 Å². The van der Waals surface area contributed by atoms with Gasteiger partial charge in [-0.1, -0.05) is 64.4 Å². The van der Waals surface area contributed by atoms with Crippen LogP contribution in [-0.2, 0) is 0 Å². The lowest BCUT2D eigenvalue weighted by atomic mass is 10.2. The molecule has 92 valence electrons. The van der Waals surface area contributed by atoms with Gasteiger partial charge in [0.25, 0.3) is 0 Å². The van der Waals surface area contributed by atoms with E-state index in [0.29, 0.717) is 0 Å². The zero-order valence-electron chi connectivity index (χ0n) is 11.2. The molecule has 2 nitrogen and oxygen atoms in total. The van der Waals surface area contributed by atoms with E-state index in [0.717, 1.165) is 11.3 Å². The third kappa shape index (κ3) is 7.92. The van der Waals surface area contributed by atoms with E-state index in [9.17, 15) is 0 Å². The van der Waals surface area contributed by atoms with Gasteiger partial charge in [0.15, 0.2) is 0 Å². The van der Waals surface area contributed by atoms with Crippen LogP contribution in [0.2, 0.25) is 0 Å². The Labute approximate surface area is 101 Å². The van der Waals surface area contributed by atoms with Crippen molar-refractivity contribution >= 4 is 5.70 Å². The standard InChI is InChI=1S/C9H12N2.C3H8.C2H6/c1-11-9(7-10)8-5-3-2-4-6-8;1-3-2;1-2/h2-7,11H,10H2,1H3;3H2,1-2H3;1-2H3/b9-7-;;. The zero-order valence-corrected chi connectivity index (χ0v) is 11.2. The molecular weight excluding hydrogens is 196 g/mol. The first kappa shape index (κ1) is 17.0. The van der Waals surface area contributed by atoms with Gasteiger partial charge in [0.1, 0.15) is 0 Å². The molecule has 0 heterocycles. The molecule has 3 N–H and O–H groups in total. The highest BCUT2D eigenvalue weighted by atomic mass is 14.8. The van der Waals surface area contributed by atoms with Gasteiger partial charge in [-0.3, -0.25) is 0 Å². The first-order valence-electron chi connectivity index (χ1n) is 5.95. The van der Waals surface area contributed by atoms with Crippen LogP contribution in [0.15, 0.2) is 36.5 Å². The summed E-state index contributed by atoms with van der Waals surface area (Å²) in [6.07, 6.45) is 2.81. The summed E-state index contributed by atoms with van der Waals surface area (Å²) >= 11 is 0. The molecule has 0 unspecified atom stereocenters. The summed E-state index contributed by atoms with van der Waals surface area (Å²) in [5, 5.41) is 3.00. The van der Waals surface area contributed by atoms with Crippen molar-refractivity contribution in [2.45, 2.75) is 34.1 Å². The van der Waals surface area contributed by atoms with Crippen molar-refractivity contribution in [2.24, 2.45) is 5.73 Å². The topological polar surface area (TPSA) is 38.0 Å². The van der Waals surface area contributed by atoms with E-state index in [4.69, 9.17) is 5.73 Å². The molecule has 0 aliphatic carbocycles. The van der Waals surface area contributed by atoms with Crippen molar-refractivity contribution in [1.29, 1.82) is 0 Å². The Bertz CT molecular complexity index is 253. The molecule has 0 aromatic heterocycles. The van der Waals surface area contributed by atoms with Gasteiger partial charge in [0, 0.05) is 13.2 Å². The molecule has 2 heteroatoms. The van der Waals surface area contributed by atoms with Gasteiger partial charge in [-0.2, -0.15) is 0 Å². The molecule has 0 aliphatic rings. The largest absolute Gasteiger partial charge is 0.403 e. The van der Waals surface area contributed by atoms with Crippen molar-refractivity contribution < 1.29 is 0 Å². The minimum absolute atomic E-state index is 0.950. The highest BCUT2D eigenvalue weighted by Crippen LogP contribution is 2.07. The maximum Gasteiger partial charge on any atom is 0.0568 e. The Balaban J connectivity index is 0. The Hall–Kier alpha value is -1.44. The minimum Gasteiger partial charge on any atom is -0.403 e. The van der Waals surface area contributed by atoms with Gasteiger partial charge in [-0.15, -0.1) is 0 Å². The van der Waals surface area contributed by atoms with Gasteiger partial charge >= 0.3 is 0 Å². The smallest absolute Gasteiger partial charge is 0.0568 e. The molecule has 1 rings (SSSR count). The molecule has 0 atom stereocenters. The molecule has 0 saturated carbocycles. The number of hydrogen-bond donors (Lipinski definition) is 2. The summed E-state index contributed by atoms with van der Waals surface area (Å²) in [5.41, 5.74) is 7.45. The summed E-state index contributed by atoms with van der Waals surface area (Å²) in [7, 11) is 1.85. The molecule has 1 aromatic rings. The summed E-state index contributed by atoms with van der Waals surface area (Å²) in [5.74, 6) is 0. The van der Waals surface area contributed by atoms with Crippen LogP contribution in [0.25, 0.3) is 5.70 Å². The van der Waals surface area contributed by atoms with Crippen LogP contribution < -0.4 is 11.1 Å². The van der Waals surface area contributed by atoms with Crippen molar-refractivity contribution in [1.82, 2.24) is 5.32 Å². The fourth-order valence-corrected chi connectivity index (χ4v) is 0.942. The normalized spacial score (nSPS) is 9.19. The molecule has 16 heavy (non-hydrogen) atoms. The second-order valence-corrected chi connectivity index (χ2v) is 2.90. The molecular formula is C14H26N2. The van der Waals surface area contributed by atoms with E-state index in [1.165, 1.54) is 6.42 Å². The van der Waals surface area contributed by atoms with E-state index in [2.05, 4.69) is 19.2 Å². The minimum atomic E-state index is 0.950. The molecule has 1 aromatic carbocycles. The quantitative estimate of drug-likeness (QED) is 0.802. The van der Waals surface area contributed by atoms with Gasteiger partial charge in [-0.05, 0) is 5.56 Å². The van der Waals surface area contributed by atoms with Crippen LogP contribution in [0.3, 0.4) is 0 Å². The first-order chi connectivity index (χ1) is 7.79. The van der Waals surface area contributed by atoms with Crippen molar-refractivity contribution in [2.75, 3.05) is 7.05 Å². The third-order valence-electron chi connectivity index (χ3n) is 1.52. The van der Waals surface area contributed by atoms with Crippen LogP contribution in [-0.4, -0.2) is 7.05 Å². The Kier molecular flexibility index (Phi) is 14.4. The van der Waals surface area contributed by atoms with E-state index < -0.39 is 0 Å². The van der Waals surface area contributed by atoms with E-state index in [-0.39, 0.29) is 0 Å². The average molecular weight is 222 g/mol. The first-order valence-corrected chi connectivity index (χ1v) is 5.95. The lowest BCUT2D eigenvalue weighted by Gasteiger charge is -2.04. The van der Waals surface area contributed by atoms with E-state index in [1.54, 1.807) is 6.20 Å². The number of rotatable bonds is 2. The maximum absolute atomic E-state index is 5.39.